The van der Waals surface area contributed by atoms with Crippen LogP contribution in [0.25, 0.3) is 0 Å². The third-order valence-electron chi connectivity index (χ3n) is 1.57. The van der Waals surface area contributed by atoms with Gasteiger partial charge in [-0.1, -0.05) is 19.3 Å². The number of hydrogen-bond acceptors (Lipinski definition) is 3. The number of aliphatic hydroxyl groups excluding tert-OH is 1. The van der Waals surface area contributed by atoms with E-state index < -0.39 is 15.9 Å². The summed E-state index contributed by atoms with van der Waals surface area (Å²) in [6, 6.07) is 0. The van der Waals surface area contributed by atoms with Crippen molar-refractivity contribution in [3.63, 3.8) is 0 Å². The van der Waals surface area contributed by atoms with E-state index in [9.17, 15) is 0 Å². The van der Waals surface area contributed by atoms with Crippen LogP contribution < -0.4 is 0 Å². The zero-order valence-electron chi connectivity index (χ0n) is 6.03. The van der Waals surface area contributed by atoms with Crippen molar-refractivity contribution < 1.29 is 13.4 Å². The molecule has 0 aromatic carbocycles. The Balaban J connectivity index is 0.000000236. The normalized spacial score (nSPS) is 19.1. The van der Waals surface area contributed by atoms with Gasteiger partial charge in [0.05, 0.1) is 6.10 Å². The van der Waals surface area contributed by atoms with E-state index in [0.29, 0.717) is 0 Å². The molecule has 10 heavy (non-hydrogen) atoms. The second kappa shape index (κ2) is 7.52. The second-order valence-corrected chi connectivity index (χ2v) is 2.64. The fraction of sp³-hybridized carbons (Fsp3) is 1.00. The van der Waals surface area contributed by atoms with Crippen LogP contribution in [-0.2, 0) is 0 Å². The van der Waals surface area contributed by atoms with Gasteiger partial charge in [0.2, 0.25) is 0 Å². The smallest absolute Gasteiger partial charge is 0.499 e. The highest BCUT2D eigenvalue weighted by atomic mass is 27.2. The molecule has 0 atom stereocenters. The molecule has 1 aliphatic carbocycles. The van der Waals surface area contributed by atoms with E-state index in [4.69, 9.17) is 13.4 Å². The first-order valence-electron chi connectivity index (χ1n) is 3.59. The summed E-state index contributed by atoms with van der Waals surface area (Å²) >= 11 is -1.25. The maximum absolute atomic E-state index is 8.91. The van der Waals surface area contributed by atoms with Crippen molar-refractivity contribution in [1.82, 2.24) is 0 Å². The van der Waals surface area contributed by atoms with Crippen molar-refractivity contribution in [3.8, 4) is 0 Å². The fourth-order valence-corrected chi connectivity index (χ4v) is 1.08. The zero-order valence-corrected chi connectivity index (χ0v) is 7.19. The van der Waals surface area contributed by atoms with Gasteiger partial charge in [-0.15, -0.1) is 0 Å². The van der Waals surface area contributed by atoms with E-state index in [2.05, 4.69) is 0 Å². The van der Waals surface area contributed by atoms with Crippen LogP contribution in [-0.4, -0.2) is 35.4 Å². The lowest BCUT2D eigenvalue weighted by molar-refractivity contribution is 0.130. The molecule has 0 aromatic rings. The SMILES string of the molecule is OC1CCCCC1.[OH][Al][OH]. The van der Waals surface area contributed by atoms with Gasteiger partial charge >= 0.3 is 15.9 Å². The Labute approximate surface area is 68.1 Å². The second-order valence-electron chi connectivity index (χ2n) is 2.41. The van der Waals surface area contributed by atoms with Gasteiger partial charge in [-0.05, 0) is 12.8 Å². The summed E-state index contributed by atoms with van der Waals surface area (Å²) in [5.74, 6) is 0. The van der Waals surface area contributed by atoms with Gasteiger partial charge in [0.25, 0.3) is 0 Å². The average Bonchev–Trinajstić information content (AvgIpc) is 1.91. The predicted molar refractivity (Wildman–Crippen MR) is 39.3 cm³/mol. The van der Waals surface area contributed by atoms with Gasteiger partial charge < -0.3 is 13.4 Å². The lowest BCUT2D eigenvalue weighted by Gasteiger charge is -2.14. The first-order valence-corrected chi connectivity index (χ1v) is 4.62. The maximum Gasteiger partial charge on any atom is 0.662 e. The van der Waals surface area contributed by atoms with Crippen molar-refractivity contribution in [2.24, 2.45) is 0 Å². The topological polar surface area (TPSA) is 60.7 Å². The van der Waals surface area contributed by atoms with Gasteiger partial charge in [0.1, 0.15) is 0 Å². The van der Waals surface area contributed by atoms with E-state index in [1.807, 2.05) is 0 Å². The molecular weight excluding hydrogens is 147 g/mol. The highest BCUT2D eigenvalue weighted by molar-refractivity contribution is 6.13. The summed E-state index contributed by atoms with van der Waals surface area (Å²) in [4.78, 5) is 0. The predicted octanol–water partition coefficient (Wildman–Crippen LogP) is -0.183. The number of rotatable bonds is 0. The molecule has 0 unspecified atom stereocenters. The quantitative estimate of drug-likeness (QED) is 0.432. The molecule has 0 heterocycles. The lowest BCUT2D eigenvalue weighted by Crippen LogP contribution is -2.09. The molecule has 0 bridgehead atoms. The first kappa shape index (κ1) is 10.4. The van der Waals surface area contributed by atoms with Crippen molar-refractivity contribution in [3.05, 3.63) is 0 Å². The minimum atomic E-state index is -1.25. The van der Waals surface area contributed by atoms with Gasteiger partial charge in [-0.3, -0.25) is 0 Å². The third kappa shape index (κ3) is 6.53. The summed E-state index contributed by atoms with van der Waals surface area (Å²) in [5.41, 5.74) is 0. The van der Waals surface area contributed by atoms with Gasteiger partial charge in [-0.2, -0.15) is 0 Å². The molecule has 0 amide bonds. The summed E-state index contributed by atoms with van der Waals surface area (Å²) < 4.78 is 14.4. The van der Waals surface area contributed by atoms with Crippen molar-refractivity contribution in [1.29, 1.82) is 0 Å². The average molecular weight is 161 g/mol. The number of hydrogen-bond donors (Lipinski definition) is 3. The Kier molecular flexibility index (Phi) is 7.83. The van der Waals surface area contributed by atoms with E-state index in [1.165, 1.54) is 19.3 Å². The van der Waals surface area contributed by atoms with Gasteiger partial charge in [0, 0.05) is 0 Å². The van der Waals surface area contributed by atoms with Crippen LogP contribution in [0.4, 0.5) is 0 Å². The van der Waals surface area contributed by atoms with Crippen molar-refractivity contribution in [2.75, 3.05) is 0 Å². The Hall–Kier alpha value is 0.412. The Bertz CT molecular complexity index is 64.0. The molecule has 59 valence electrons. The van der Waals surface area contributed by atoms with Crippen LogP contribution in [0.15, 0.2) is 0 Å². The largest absolute Gasteiger partial charge is 0.662 e. The Morgan fingerprint density at radius 2 is 1.40 bits per heavy atom. The molecule has 3 N–H and O–H groups in total. The minimum absolute atomic E-state index is 0.0359. The van der Waals surface area contributed by atoms with E-state index in [-0.39, 0.29) is 6.10 Å². The monoisotopic (exact) mass is 161 g/mol. The summed E-state index contributed by atoms with van der Waals surface area (Å²) in [6.45, 7) is 0. The van der Waals surface area contributed by atoms with Gasteiger partial charge in [-0.25, -0.2) is 0 Å². The standard InChI is InChI=1S/C6H12O.Al.2H2O/c7-6-4-2-1-3-5-6;;;/h6-7H,1-5H2;;2*1H2/q;+2;;/p-2. The van der Waals surface area contributed by atoms with Crippen LogP contribution in [0, 0.1) is 0 Å². The van der Waals surface area contributed by atoms with Crippen LogP contribution in [0.5, 0.6) is 0 Å². The molecule has 0 aromatic heterocycles. The zero-order chi connectivity index (χ0) is 7.82. The third-order valence-corrected chi connectivity index (χ3v) is 1.57. The molecule has 3 nitrogen and oxygen atoms in total. The highest BCUT2D eigenvalue weighted by Gasteiger charge is 2.07. The molecule has 1 radical (unpaired) electrons. The first-order chi connectivity index (χ1) is 4.81. The number of aliphatic hydroxyl groups is 1. The molecule has 0 saturated heterocycles. The minimum Gasteiger partial charge on any atom is -0.499 e. The molecular formula is C6H14AlO3. The summed E-state index contributed by atoms with van der Waals surface area (Å²) in [7, 11) is 0. The molecule has 0 aliphatic heterocycles. The molecule has 1 saturated carbocycles. The summed E-state index contributed by atoms with van der Waals surface area (Å²) in [6.07, 6.45) is 5.92. The lowest BCUT2D eigenvalue weighted by atomic mass is 9.98. The van der Waals surface area contributed by atoms with E-state index in [0.717, 1.165) is 12.8 Å². The fourth-order valence-electron chi connectivity index (χ4n) is 1.08. The van der Waals surface area contributed by atoms with E-state index in [1.54, 1.807) is 0 Å². The Morgan fingerprint density at radius 1 is 1.00 bits per heavy atom. The Morgan fingerprint density at radius 3 is 1.60 bits per heavy atom. The van der Waals surface area contributed by atoms with Crippen molar-refractivity contribution >= 4 is 15.9 Å². The van der Waals surface area contributed by atoms with Crippen LogP contribution in [0.3, 0.4) is 0 Å². The van der Waals surface area contributed by atoms with Gasteiger partial charge in [0.15, 0.2) is 0 Å². The maximum atomic E-state index is 8.91. The van der Waals surface area contributed by atoms with Crippen LogP contribution >= 0.6 is 0 Å². The molecule has 0 spiro atoms. The molecule has 1 fully saturated rings. The summed E-state index contributed by atoms with van der Waals surface area (Å²) in [5, 5.41) is 8.91. The molecule has 1 rings (SSSR count). The van der Waals surface area contributed by atoms with Crippen molar-refractivity contribution in [2.45, 2.75) is 38.2 Å². The van der Waals surface area contributed by atoms with Crippen LogP contribution in [0.2, 0.25) is 0 Å². The van der Waals surface area contributed by atoms with Crippen LogP contribution in [0.1, 0.15) is 32.1 Å². The highest BCUT2D eigenvalue weighted by Crippen LogP contribution is 2.16. The molecule has 4 heteroatoms. The molecule has 1 aliphatic rings. The van der Waals surface area contributed by atoms with E-state index >= 15 is 0 Å².